The van der Waals surface area contributed by atoms with Crippen molar-refractivity contribution >= 4 is 5.91 Å². The summed E-state index contributed by atoms with van der Waals surface area (Å²) in [5.74, 6) is -0.427. The van der Waals surface area contributed by atoms with E-state index in [1.54, 1.807) is 0 Å². The molecule has 0 spiro atoms. The summed E-state index contributed by atoms with van der Waals surface area (Å²) >= 11 is 0. The molecule has 0 aliphatic carbocycles. The smallest absolute Gasteiger partial charge is 0.256 e. The molecule has 0 aromatic carbocycles. The van der Waals surface area contributed by atoms with Crippen LogP contribution in [0, 0.1) is 5.41 Å². The average molecular weight is 224 g/mol. The molecule has 0 radical (unpaired) electrons. The van der Waals surface area contributed by atoms with Gasteiger partial charge in [0.15, 0.2) is 5.43 Å². The van der Waals surface area contributed by atoms with E-state index in [2.05, 4.69) is 10.3 Å². The zero-order valence-electron chi connectivity index (χ0n) is 9.41. The number of rotatable bonds is 4. The van der Waals surface area contributed by atoms with Crippen molar-refractivity contribution in [2.75, 3.05) is 13.2 Å². The average Bonchev–Trinajstić information content (AvgIpc) is 2.27. The first-order chi connectivity index (χ1) is 7.46. The fraction of sp³-hybridized carbons (Fsp3) is 0.455. The molecule has 0 atom stereocenters. The van der Waals surface area contributed by atoms with E-state index in [0.717, 1.165) is 0 Å². The van der Waals surface area contributed by atoms with E-state index < -0.39 is 11.3 Å². The Bertz CT molecular complexity index is 423. The maximum Gasteiger partial charge on any atom is 0.256 e. The summed E-state index contributed by atoms with van der Waals surface area (Å²) in [5.41, 5.74) is -0.633. The summed E-state index contributed by atoms with van der Waals surface area (Å²) in [7, 11) is 0. The molecule has 1 aromatic heterocycles. The molecule has 1 amide bonds. The van der Waals surface area contributed by atoms with E-state index >= 15 is 0 Å². The third kappa shape index (κ3) is 3.20. The number of H-pyrrole nitrogens is 1. The van der Waals surface area contributed by atoms with Crippen LogP contribution in [0.25, 0.3) is 0 Å². The highest BCUT2D eigenvalue weighted by Gasteiger charge is 2.18. The molecule has 1 aromatic rings. The molecular weight excluding hydrogens is 208 g/mol. The second-order valence-electron chi connectivity index (χ2n) is 4.43. The van der Waals surface area contributed by atoms with Crippen LogP contribution in [0.3, 0.4) is 0 Å². The summed E-state index contributed by atoms with van der Waals surface area (Å²) in [4.78, 5) is 25.6. The second kappa shape index (κ2) is 4.94. The molecule has 0 fully saturated rings. The standard InChI is InChI=1S/C11H16N2O3/c1-11(2,7-14)6-13-10(16)8-5-12-4-3-9(8)15/h3-5,14H,6-7H2,1-2H3,(H,12,15)(H,13,16). The molecule has 1 rings (SSSR count). The largest absolute Gasteiger partial charge is 0.396 e. The van der Waals surface area contributed by atoms with Crippen LogP contribution in [0.5, 0.6) is 0 Å². The normalized spacial score (nSPS) is 11.2. The number of aromatic nitrogens is 1. The molecule has 0 aliphatic heterocycles. The molecule has 3 N–H and O–H groups in total. The minimum atomic E-state index is -0.427. The van der Waals surface area contributed by atoms with Gasteiger partial charge in [0, 0.05) is 37.0 Å². The lowest BCUT2D eigenvalue weighted by molar-refractivity contribution is 0.0909. The van der Waals surface area contributed by atoms with Gasteiger partial charge < -0.3 is 15.4 Å². The van der Waals surface area contributed by atoms with E-state index in [0.29, 0.717) is 6.54 Å². The fourth-order valence-corrected chi connectivity index (χ4v) is 1.06. The van der Waals surface area contributed by atoms with Gasteiger partial charge in [-0.05, 0) is 0 Å². The number of pyridine rings is 1. The maximum atomic E-state index is 11.6. The van der Waals surface area contributed by atoms with Crippen LogP contribution >= 0.6 is 0 Å². The van der Waals surface area contributed by atoms with Crippen molar-refractivity contribution in [3.05, 3.63) is 34.2 Å². The predicted molar refractivity (Wildman–Crippen MR) is 60.3 cm³/mol. The van der Waals surface area contributed by atoms with Crippen molar-refractivity contribution in [2.24, 2.45) is 5.41 Å². The van der Waals surface area contributed by atoms with Crippen molar-refractivity contribution in [1.29, 1.82) is 0 Å². The lowest BCUT2D eigenvalue weighted by Crippen LogP contribution is -2.37. The maximum absolute atomic E-state index is 11.6. The van der Waals surface area contributed by atoms with Crippen molar-refractivity contribution in [3.63, 3.8) is 0 Å². The van der Waals surface area contributed by atoms with Crippen molar-refractivity contribution in [3.8, 4) is 0 Å². The van der Waals surface area contributed by atoms with Gasteiger partial charge in [0.1, 0.15) is 5.56 Å². The molecule has 0 unspecified atom stereocenters. The number of amides is 1. The quantitative estimate of drug-likeness (QED) is 0.679. The lowest BCUT2D eigenvalue weighted by atomic mass is 9.95. The molecular formula is C11H16N2O3. The van der Waals surface area contributed by atoms with Crippen molar-refractivity contribution < 1.29 is 9.90 Å². The minimum Gasteiger partial charge on any atom is -0.396 e. The molecule has 16 heavy (non-hydrogen) atoms. The zero-order chi connectivity index (χ0) is 12.2. The Labute approximate surface area is 93.5 Å². The Morgan fingerprint density at radius 2 is 2.25 bits per heavy atom. The number of nitrogens with one attached hydrogen (secondary N) is 2. The van der Waals surface area contributed by atoms with E-state index in [9.17, 15) is 9.59 Å². The van der Waals surface area contributed by atoms with Gasteiger partial charge in [-0.25, -0.2) is 0 Å². The number of hydrogen-bond donors (Lipinski definition) is 3. The molecule has 1 heterocycles. The SMILES string of the molecule is CC(C)(CO)CNC(=O)c1c[nH]ccc1=O. The Morgan fingerprint density at radius 1 is 1.56 bits per heavy atom. The summed E-state index contributed by atoms with van der Waals surface area (Å²) in [6, 6.07) is 1.30. The fourth-order valence-electron chi connectivity index (χ4n) is 1.06. The number of aromatic amines is 1. The first-order valence-electron chi connectivity index (χ1n) is 5.02. The highest BCUT2D eigenvalue weighted by Crippen LogP contribution is 2.11. The van der Waals surface area contributed by atoms with Crippen LogP contribution in [-0.4, -0.2) is 29.1 Å². The molecule has 5 nitrogen and oxygen atoms in total. The molecule has 0 saturated carbocycles. The number of aliphatic hydroxyl groups excluding tert-OH is 1. The van der Waals surface area contributed by atoms with Gasteiger partial charge in [0.25, 0.3) is 5.91 Å². The van der Waals surface area contributed by atoms with Gasteiger partial charge in [-0.3, -0.25) is 9.59 Å². The van der Waals surface area contributed by atoms with Gasteiger partial charge in [-0.1, -0.05) is 13.8 Å². The molecule has 0 aliphatic rings. The van der Waals surface area contributed by atoms with E-state index in [1.807, 2.05) is 13.8 Å². The van der Waals surface area contributed by atoms with Gasteiger partial charge in [0.05, 0.1) is 0 Å². The van der Waals surface area contributed by atoms with Crippen molar-refractivity contribution in [1.82, 2.24) is 10.3 Å². The molecule has 0 bridgehead atoms. The highest BCUT2D eigenvalue weighted by molar-refractivity contribution is 5.93. The molecule has 5 heteroatoms. The van der Waals surface area contributed by atoms with Crippen LogP contribution in [0.15, 0.2) is 23.3 Å². The Balaban J connectivity index is 2.68. The van der Waals surface area contributed by atoms with Gasteiger partial charge >= 0.3 is 0 Å². The topological polar surface area (TPSA) is 82.2 Å². The molecule has 88 valence electrons. The highest BCUT2D eigenvalue weighted by atomic mass is 16.3. The first-order valence-corrected chi connectivity index (χ1v) is 5.02. The van der Waals surface area contributed by atoms with E-state index in [4.69, 9.17) is 5.11 Å². The van der Waals surface area contributed by atoms with Crippen LogP contribution < -0.4 is 10.7 Å². The Morgan fingerprint density at radius 3 is 2.81 bits per heavy atom. The third-order valence-corrected chi connectivity index (χ3v) is 2.22. The summed E-state index contributed by atoms with van der Waals surface area (Å²) in [6.07, 6.45) is 2.83. The van der Waals surface area contributed by atoms with Crippen LogP contribution in [0.4, 0.5) is 0 Å². The number of hydrogen-bond acceptors (Lipinski definition) is 3. The summed E-state index contributed by atoms with van der Waals surface area (Å²) in [5, 5.41) is 11.6. The van der Waals surface area contributed by atoms with Gasteiger partial charge in [-0.15, -0.1) is 0 Å². The molecule has 0 saturated heterocycles. The van der Waals surface area contributed by atoms with Crippen molar-refractivity contribution in [2.45, 2.75) is 13.8 Å². The predicted octanol–water partition coefficient (Wildman–Crippen LogP) is 0.123. The van der Waals surface area contributed by atoms with E-state index in [1.165, 1.54) is 18.5 Å². The number of carbonyl (C=O) groups is 1. The van der Waals surface area contributed by atoms with E-state index in [-0.39, 0.29) is 17.6 Å². The lowest BCUT2D eigenvalue weighted by Gasteiger charge is -2.21. The second-order valence-corrected chi connectivity index (χ2v) is 4.43. The zero-order valence-corrected chi connectivity index (χ0v) is 9.41. The summed E-state index contributed by atoms with van der Waals surface area (Å²) < 4.78 is 0. The monoisotopic (exact) mass is 224 g/mol. The van der Waals surface area contributed by atoms with Crippen LogP contribution in [-0.2, 0) is 0 Å². The first kappa shape index (κ1) is 12.4. The Hall–Kier alpha value is -1.62. The number of carbonyl (C=O) groups excluding carboxylic acids is 1. The minimum absolute atomic E-state index is 0.0293. The van der Waals surface area contributed by atoms with Gasteiger partial charge in [0.2, 0.25) is 0 Å². The Kier molecular flexibility index (Phi) is 3.84. The third-order valence-electron chi connectivity index (χ3n) is 2.22. The van der Waals surface area contributed by atoms with Crippen LogP contribution in [0.2, 0.25) is 0 Å². The summed E-state index contributed by atoms with van der Waals surface area (Å²) in [6.45, 7) is 3.93. The van der Waals surface area contributed by atoms with Gasteiger partial charge in [-0.2, -0.15) is 0 Å². The number of aliphatic hydroxyl groups is 1. The van der Waals surface area contributed by atoms with Crippen LogP contribution in [0.1, 0.15) is 24.2 Å².